The first-order valence-electron chi connectivity index (χ1n) is 17.2. The molecule has 1 aliphatic carbocycles. The highest BCUT2D eigenvalue weighted by Crippen LogP contribution is 2.38. The first-order valence-corrected chi connectivity index (χ1v) is 17.2. The zero-order chi connectivity index (χ0) is 34.6. The highest BCUT2D eigenvalue weighted by Gasteiger charge is 2.20. The van der Waals surface area contributed by atoms with E-state index in [2.05, 4.69) is 36.4 Å². The van der Waals surface area contributed by atoms with Crippen molar-refractivity contribution in [1.82, 2.24) is 0 Å². The lowest BCUT2D eigenvalue weighted by Gasteiger charge is -2.13. The Morgan fingerprint density at radius 2 is 0.980 bits per heavy atom. The predicted molar refractivity (Wildman–Crippen MR) is 189 cm³/mol. The normalized spacial score (nSPS) is 12.9. The van der Waals surface area contributed by atoms with Crippen LogP contribution in [0.25, 0.3) is 11.1 Å². The van der Waals surface area contributed by atoms with E-state index in [-0.39, 0.29) is 0 Å². The molecule has 5 rings (SSSR count). The van der Waals surface area contributed by atoms with Gasteiger partial charge < -0.3 is 29.2 Å². The molecule has 4 aromatic rings. The van der Waals surface area contributed by atoms with E-state index in [1.54, 1.807) is 13.8 Å². The summed E-state index contributed by atoms with van der Waals surface area (Å²) in [5, 5.41) is 18.6. The van der Waals surface area contributed by atoms with Crippen LogP contribution < -0.4 is 9.47 Å². The number of fused-ring (bicyclic) bond motifs is 3. The van der Waals surface area contributed by atoms with Gasteiger partial charge in [-0.1, -0.05) is 60.7 Å². The summed E-state index contributed by atoms with van der Waals surface area (Å²) in [6, 6.07) is 28.8. The van der Waals surface area contributed by atoms with Crippen LogP contribution in [0, 0.1) is 0 Å². The molecule has 2 atom stereocenters. The summed E-state index contributed by atoms with van der Waals surface area (Å²) in [6.45, 7) is 5.53. The number of aliphatic carboxylic acids is 2. The Bertz CT molecular complexity index is 1550. The highest BCUT2D eigenvalue weighted by molar-refractivity contribution is 5.77. The molecule has 0 amide bonds. The van der Waals surface area contributed by atoms with E-state index in [1.165, 1.54) is 33.4 Å². The van der Waals surface area contributed by atoms with Crippen LogP contribution in [0.4, 0.5) is 0 Å². The number of carboxylic acid groups (broad SMARTS) is 2. The van der Waals surface area contributed by atoms with Crippen molar-refractivity contribution in [3.8, 4) is 22.6 Å². The van der Waals surface area contributed by atoms with Gasteiger partial charge in [0.05, 0.1) is 13.2 Å². The minimum atomic E-state index is -0.949. The van der Waals surface area contributed by atoms with E-state index in [0.717, 1.165) is 54.7 Å². The lowest BCUT2D eigenvalue weighted by Crippen LogP contribution is -2.26. The number of carbonyl (C=O) groups is 2. The number of carboxylic acids is 2. The van der Waals surface area contributed by atoms with E-state index in [9.17, 15) is 19.8 Å². The molecule has 8 nitrogen and oxygen atoms in total. The summed E-state index contributed by atoms with van der Waals surface area (Å²) >= 11 is 0. The fourth-order valence-corrected chi connectivity index (χ4v) is 6.27. The monoisotopic (exact) mass is 666 g/mol. The summed E-state index contributed by atoms with van der Waals surface area (Å²) < 4.78 is 22.5. The molecular weight excluding hydrogens is 620 g/mol. The van der Waals surface area contributed by atoms with Gasteiger partial charge in [0.2, 0.25) is 0 Å². The summed E-state index contributed by atoms with van der Waals surface area (Å²) in [5.41, 5.74) is 9.80. The number of benzene rings is 4. The quantitative estimate of drug-likeness (QED) is 0.0830. The van der Waals surface area contributed by atoms with Gasteiger partial charge >= 0.3 is 11.9 Å². The third kappa shape index (κ3) is 10.2. The van der Waals surface area contributed by atoms with Crippen molar-refractivity contribution in [3.63, 3.8) is 0 Å². The van der Waals surface area contributed by atoms with E-state index in [4.69, 9.17) is 18.9 Å². The van der Waals surface area contributed by atoms with Crippen LogP contribution in [-0.4, -0.2) is 60.8 Å². The highest BCUT2D eigenvalue weighted by atomic mass is 16.5. The molecule has 2 unspecified atom stereocenters. The maximum Gasteiger partial charge on any atom is 0.333 e. The second-order valence-electron chi connectivity index (χ2n) is 12.3. The standard InChI is InChI=1S/C41H46O8/c1-3-46-38(40(42)43)25-30-9-15-34(16-10-30)48-21-5-7-28-13-19-36-32(23-28)27-33-24-29(14-20-37(33)36)8-6-22-49-35-17-11-31(12-18-35)26-39(41(44)45)47-4-2/h9-20,23-24,38-39H,3-8,21-22,25-27H2,1-2H3,(H,42,43)(H,44,45). The molecular formula is C41H46O8. The van der Waals surface area contributed by atoms with E-state index < -0.39 is 24.1 Å². The largest absolute Gasteiger partial charge is 0.494 e. The van der Waals surface area contributed by atoms with Gasteiger partial charge in [0.1, 0.15) is 11.5 Å². The summed E-state index contributed by atoms with van der Waals surface area (Å²) in [6.07, 6.45) is 3.58. The SMILES string of the molecule is CCOC(Cc1ccc(OCCCc2ccc3c(c2)Cc2cc(CCCOc4ccc(CC(OCC)C(=O)O)cc4)ccc2-3)cc1)C(=O)O. The number of hydrogen-bond acceptors (Lipinski definition) is 6. The topological polar surface area (TPSA) is 112 Å². The number of hydrogen-bond donors (Lipinski definition) is 2. The maximum absolute atomic E-state index is 11.3. The second-order valence-corrected chi connectivity index (χ2v) is 12.3. The minimum absolute atomic E-state index is 0.328. The lowest BCUT2D eigenvalue weighted by molar-refractivity contribution is -0.150. The summed E-state index contributed by atoms with van der Waals surface area (Å²) in [5.74, 6) is -0.345. The van der Waals surface area contributed by atoms with Crippen molar-refractivity contribution >= 4 is 11.9 Å². The van der Waals surface area contributed by atoms with Gasteiger partial charge in [-0.15, -0.1) is 0 Å². The molecule has 0 radical (unpaired) electrons. The zero-order valence-electron chi connectivity index (χ0n) is 28.4. The fourth-order valence-electron chi connectivity index (χ4n) is 6.27. The maximum atomic E-state index is 11.3. The lowest BCUT2D eigenvalue weighted by atomic mass is 10.00. The average molecular weight is 667 g/mol. The van der Waals surface area contributed by atoms with Crippen LogP contribution >= 0.6 is 0 Å². The molecule has 0 aromatic heterocycles. The van der Waals surface area contributed by atoms with Gasteiger partial charge in [0, 0.05) is 26.1 Å². The molecule has 0 saturated heterocycles. The van der Waals surface area contributed by atoms with Gasteiger partial charge in [-0.2, -0.15) is 0 Å². The summed E-state index contributed by atoms with van der Waals surface area (Å²) in [7, 11) is 0. The molecule has 258 valence electrons. The van der Waals surface area contributed by atoms with Gasteiger partial charge in [-0.3, -0.25) is 0 Å². The third-order valence-electron chi connectivity index (χ3n) is 8.74. The molecule has 0 heterocycles. The molecule has 0 aliphatic heterocycles. The van der Waals surface area contributed by atoms with Crippen molar-refractivity contribution in [2.75, 3.05) is 26.4 Å². The minimum Gasteiger partial charge on any atom is -0.494 e. The van der Waals surface area contributed by atoms with Gasteiger partial charge in [-0.25, -0.2) is 9.59 Å². The van der Waals surface area contributed by atoms with Gasteiger partial charge in [0.15, 0.2) is 12.2 Å². The van der Waals surface area contributed by atoms with Crippen molar-refractivity contribution in [3.05, 3.63) is 118 Å². The Kier molecular flexibility index (Phi) is 12.8. The number of aryl methyl sites for hydroxylation is 2. The molecule has 49 heavy (non-hydrogen) atoms. The molecule has 4 aromatic carbocycles. The van der Waals surface area contributed by atoms with Crippen LogP contribution in [0.2, 0.25) is 0 Å². The predicted octanol–water partition coefficient (Wildman–Crippen LogP) is 7.35. The van der Waals surface area contributed by atoms with Crippen LogP contribution in [0.3, 0.4) is 0 Å². The first kappa shape index (κ1) is 35.6. The van der Waals surface area contributed by atoms with Gasteiger partial charge in [-0.05, 0) is 115 Å². The number of ether oxygens (including phenoxy) is 4. The Hall–Kier alpha value is -4.66. The number of rotatable bonds is 20. The van der Waals surface area contributed by atoms with Crippen LogP contribution in [0.5, 0.6) is 11.5 Å². The average Bonchev–Trinajstić information content (AvgIpc) is 3.46. The van der Waals surface area contributed by atoms with Crippen molar-refractivity contribution in [2.45, 2.75) is 71.0 Å². The Labute approximate surface area is 288 Å². The summed E-state index contributed by atoms with van der Waals surface area (Å²) in [4.78, 5) is 22.7. The van der Waals surface area contributed by atoms with Crippen LogP contribution in [-0.2, 0) is 51.2 Å². The van der Waals surface area contributed by atoms with Gasteiger partial charge in [0.25, 0.3) is 0 Å². The Morgan fingerprint density at radius 3 is 1.35 bits per heavy atom. The molecule has 0 fully saturated rings. The molecule has 1 aliphatic rings. The van der Waals surface area contributed by atoms with Crippen LogP contribution in [0.1, 0.15) is 60.1 Å². The molecule has 0 spiro atoms. The van der Waals surface area contributed by atoms with Crippen molar-refractivity contribution in [1.29, 1.82) is 0 Å². The molecule has 8 heteroatoms. The Balaban J connectivity index is 1.03. The second kappa shape index (κ2) is 17.7. The Morgan fingerprint density at radius 1 is 0.592 bits per heavy atom. The van der Waals surface area contributed by atoms with Crippen molar-refractivity contribution < 1.29 is 38.7 Å². The fraction of sp³-hybridized carbons (Fsp3) is 0.366. The zero-order valence-corrected chi connectivity index (χ0v) is 28.4. The smallest absolute Gasteiger partial charge is 0.333 e. The van der Waals surface area contributed by atoms with Crippen LogP contribution in [0.15, 0.2) is 84.9 Å². The van der Waals surface area contributed by atoms with E-state index in [1.807, 2.05) is 48.5 Å². The van der Waals surface area contributed by atoms with E-state index in [0.29, 0.717) is 39.3 Å². The molecule has 2 N–H and O–H groups in total. The van der Waals surface area contributed by atoms with Crippen molar-refractivity contribution in [2.24, 2.45) is 0 Å². The molecule has 0 saturated carbocycles. The molecule has 0 bridgehead atoms. The third-order valence-corrected chi connectivity index (χ3v) is 8.74. The van der Waals surface area contributed by atoms with E-state index >= 15 is 0 Å². The first-order chi connectivity index (χ1) is 23.8.